The van der Waals surface area contributed by atoms with Gasteiger partial charge in [-0.3, -0.25) is 4.79 Å². The van der Waals surface area contributed by atoms with Crippen LogP contribution in [0.15, 0.2) is 59.4 Å². The summed E-state index contributed by atoms with van der Waals surface area (Å²) < 4.78 is 6.72. The monoisotopic (exact) mass is 252 g/mol. The molecule has 19 heavy (non-hydrogen) atoms. The van der Waals surface area contributed by atoms with Crippen molar-refractivity contribution in [3.8, 4) is 11.7 Å². The van der Waals surface area contributed by atoms with Gasteiger partial charge in [-0.15, -0.1) is 0 Å². The number of hydrogen-bond donors (Lipinski definition) is 0. The quantitative estimate of drug-likeness (QED) is 0.703. The molecular formula is C15H12N2O2. The minimum absolute atomic E-state index is 0.131. The van der Waals surface area contributed by atoms with Crippen LogP contribution in [-0.2, 0) is 0 Å². The molecule has 4 heteroatoms. The third-order valence-corrected chi connectivity index (χ3v) is 2.94. The molecule has 4 nitrogen and oxygen atoms in total. The number of nitrogens with zero attached hydrogens (tertiary/aromatic N) is 2. The molecular weight excluding hydrogens is 240 g/mol. The first-order valence-electron chi connectivity index (χ1n) is 5.92. The zero-order valence-electron chi connectivity index (χ0n) is 10.4. The van der Waals surface area contributed by atoms with Crippen LogP contribution in [0, 0.1) is 0 Å². The Kier molecular flexibility index (Phi) is 2.76. The second-order valence-electron chi connectivity index (χ2n) is 4.09. The predicted octanol–water partition coefficient (Wildman–Crippen LogP) is 2.39. The lowest BCUT2D eigenvalue weighted by atomic mass is 10.2. The number of ether oxygens (including phenoxy) is 1. The lowest BCUT2D eigenvalue weighted by Crippen LogP contribution is -2.21. The van der Waals surface area contributed by atoms with Crippen LogP contribution in [0.3, 0.4) is 0 Å². The van der Waals surface area contributed by atoms with Crippen LogP contribution in [0.2, 0.25) is 0 Å². The van der Waals surface area contributed by atoms with Gasteiger partial charge in [-0.25, -0.2) is 4.57 Å². The Morgan fingerprint density at radius 1 is 1.00 bits per heavy atom. The molecule has 0 saturated carbocycles. The van der Waals surface area contributed by atoms with Gasteiger partial charge in [0.05, 0.1) is 23.7 Å². The molecule has 0 N–H and O–H groups in total. The smallest absolute Gasteiger partial charge is 0.304 e. The maximum Gasteiger partial charge on any atom is 0.304 e. The third kappa shape index (κ3) is 1.87. The number of rotatable bonds is 2. The van der Waals surface area contributed by atoms with Crippen molar-refractivity contribution in [2.24, 2.45) is 0 Å². The first kappa shape index (κ1) is 11.5. The average molecular weight is 252 g/mol. The maximum atomic E-state index is 12.6. The van der Waals surface area contributed by atoms with Crippen molar-refractivity contribution in [3.05, 3.63) is 65.0 Å². The molecule has 0 saturated heterocycles. The van der Waals surface area contributed by atoms with E-state index in [9.17, 15) is 4.79 Å². The molecule has 0 aliphatic rings. The van der Waals surface area contributed by atoms with Crippen LogP contribution in [-0.4, -0.2) is 16.7 Å². The summed E-state index contributed by atoms with van der Waals surface area (Å²) in [6.45, 7) is 0. The Hall–Kier alpha value is -2.62. The Morgan fingerprint density at radius 3 is 2.42 bits per heavy atom. The van der Waals surface area contributed by atoms with E-state index in [1.165, 1.54) is 11.7 Å². The molecule has 0 amide bonds. The summed E-state index contributed by atoms with van der Waals surface area (Å²) in [5.41, 5.74) is 1.24. The SMILES string of the molecule is COc1nc2ccccc2c(=O)n1-c1ccccc1. The molecule has 94 valence electrons. The summed E-state index contributed by atoms with van der Waals surface area (Å²) in [6.07, 6.45) is 0. The van der Waals surface area contributed by atoms with E-state index < -0.39 is 0 Å². The zero-order valence-corrected chi connectivity index (χ0v) is 10.4. The molecule has 0 aliphatic heterocycles. The van der Waals surface area contributed by atoms with E-state index >= 15 is 0 Å². The van der Waals surface area contributed by atoms with Crippen LogP contribution >= 0.6 is 0 Å². The maximum absolute atomic E-state index is 12.6. The largest absolute Gasteiger partial charge is 0.468 e. The average Bonchev–Trinajstić information content (AvgIpc) is 2.48. The van der Waals surface area contributed by atoms with Gasteiger partial charge in [-0.1, -0.05) is 30.3 Å². The van der Waals surface area contributed by atoms with Gasteiger partial charge < -0.3 is 4.74 Å². The van der Waals surface area contributed by atoms with Gasteiger partial charge in [0.15, 0.2) is 0 Å². The van der Waals surface area contributed by atoms with E-state index in [1.807, 2.05) is 42.5 Å². The van der Waals surface area contributed by atoms with Crippen LogP contribution in [0.4, 0.5) is 0 Å². The molecule has 3 rings (SSSR count). The fourth-order valence-electron chi connectivity index (χ4n) is 2.05. The van der Waals surface area contributed by atoms with Crippen LogP contribution in [0.1, 0.15) is 0 Å². The van der Waals surface area contributed by atoms with Crippen LogP contribution in [0.5, 0.6) is 6.01 Å². The Morgan fingerprint density at radius 2 is 1.68 bits per heavy atom. The highest BCUT2D eigenvalue weighted by molar-refractivity contribution is 5.78. The van der Waals surface area contributed by atoms with E-state index in [0.717, 1.165) is 5.69 Å². The van der Waals surface area contributed by atoms with E-state index in [0.29, 0.717) is 10.9 Å². The normalized spacial score (nSPS) is 10.6. The van der Waals surface area contributed by atoms with E-state index in [4.69, 9.17) is 4.74 Å². The Bertz CT molecular complexity index is 779. The molecule has 0 radical (unpaired) electrons. The topological polar surface area (TPSA) is 44.1 Å². The Balaban J connectivity index is 2.41. The predicted molar refractivity (Wildman–Crippen MR) is 73.9 cm³/mol. The van der Waals surface area contributed by atoms with E-state index in [1.54, 1.807) is 12.1 Å². The van der Waals surface area contributed by atoms with E-state index in [2.05, 4.69) is 4.98 Å². The molecule has 0 unspecified atom stereocenters. The van der Waals surface area contributed by atoms with Crippen LogP contribution in [0.25, 0.3) is 16.6 Å². The van der Waals surface area contributed by atoms with Gasteiger partial charge >= 0.3 is 6.01 Å². The van der Waals surface area contributed by atoms with E-state index in [-0.39, 0.29) is 11.6 Å². The summed E-state index contributed by atoms with van der Waals surface area (Å²) in [7, 11) is 1.51. The number of hydrogen-bond acceptors (Lipinski definition) is 3. The second-order valence-corrected chi connectivity index (χ2v) is 4.09. The molecule has 1 heterocycles. The van der Waals surface area contributed by atoms with Gasteiger partial charge in [-0.05, 0) is 24.3 Å². The molecule has 0 aliphatic carbocycles. The van der Waals surface area contributed by atoms with Crippen molar-refractivity contribution in [3.63, 3.8) is 0 Å². The Labute approximate surface area is 109 Å². The molecule has 0 bridgehead atoms. The first-order chi connectivity index (χ1) is 9.31. The van der Waals surface area contributed by atoms with Gasteiger partial charge in [0.2, 0.25) is 0 Å². The minimum Gasteiger partial charge on any atom is -0.468 e. The lowest BCUT2D eigenvalue weighted by molar-refractivity contribution is 0.368. The fraction of sp³-hybridized carbons (Fsp3) is 0.0667. The van der Waals surface area contributed by atoms with Gasteiger partial charge in [0, 0.05) is 0 Å². The van der Waals surface area contributed by atoms with Crippen molar-refractivity contribution >= 4 is 10.9 Å². The number of aromatic nitrogens is 2. The first-order valence-corrected chi connectivity index (χ1v) is 5.92. The molecule has 0 atom stereocenters. The summed E-state index contributed by atoms with van der Waals surface area (Å²) in [6, 6.07) is 16.9. The van der Waals surface area contributed by atoms with Gasteiger partial charge in [0.1, 0.15) is 0 Å². The second kappa shape index (κ2) is 4.57. The van der Waals surface area contributed by atoms with Crippen LogP contribution < -0.4 is 10.3 Å². The summed E-state index contributed by atoms with van der Waals surface area (Å²) >= 11 is 0. The summed E-state index contributed by atoms with van der Waals surface area (Å²) in [5.74, 6) is 0. The van der Waals surface area contributed by atoms with Crippen molar-refractivity contribution < 1.29 is 4.74 Å². The molecule has 2 aromatic carbocycles. The standard InChI is InChI=1S/C15H12N2O2/c1-19-15-16-13-10-6-5-9-12(13)14(18)17(15)11-7-3-2-4-8-11/h2-10H,1H3. The highest BCUT2D eigenvalue weighted by Crippen LogP contribution is 2.16. The fourth-order valence-corrected chi connectivity index (χ4v) is 2.05. The molecule has 3 aromatic rings. The van der Waals surface area contributed by atoms with Crippen molar-refractivity contribution in [2.45, 2.75) is 0 Å². The lowest BCUT2D eigenvalue weighted by Gasteiger charge is -2.11. The minimum atomic E-state index is -0.131. The summed E-state index contributed by atoms with van der Waals surface area (Å²) in [5, 5.41) is 0.576. The number of para-hydroxylation sites is 2. The third-order valence-electron chi connectivity index (χ3n) is 2.94. The van der Waals surface area contributed by atoms with Crippen molar-refractivity contribution in [1.82, 2.24) is 9.55 Å². The highest BCUT2D eigenvalue weighted by Gasteiger charge is 2.12. The van der Waals surface area contributed by atoms with Gasteiger partial charge in [0.25, 0.3) is 5.56 Å². The van der Waals surface area contributed by atoms with Gasteiger partial charge in [-0.2, -0.15) is 4.98 Å². The molecule has 0 fully saturated rings. The zero-order chi connectivity index (χ0) is 13.2. The number of methoxy groups -OCH3 is 1. The highest BCUT2D eigenvalue weighted by atomic mass is 16.5. The van der Waals surface area contributed by atoms with Crippen molar-refractivity contribution in [2.75, 3.05) is 7.11 Å². The summed E-state index contributed by atoms with van der Waals surface area (Å²) in [4.78, 5) is 16.9. The number of benzene rings is 2. The number of fused-ring (bicyclic) bond motifs is 1. The van der Waals surface area contributed by atoms with Crippen molar-refractivity contribution in [1.29, 1.82) is 0 Å². The molecule has 1 aromatic heterocycles. The molecule has 0 spiro atoms.